The SMILES string of the molecule is CCOc1ccccc1N1CCN(C(=O)c2cc(C)n(C(C)C)c2C)CC1. The molecule has 0 N–H and O–H groups in total. The van der Waals surface area contributed by atoms with E-state index >= 15 is 0 Å². The van der Waals surface area contributed by atoms with E-state index in [-0.39, 0.29) is 5.91 Å². The third-order valence-corrected chi connectivity index (χ3v) is 5.30. The number of ether oxygens (including phenoxy) is 1. The van der Waals surface area contributed by atoms with Crippen molar-refractivity contribution in [2.45, 2.75) is 40.7 Å². The molecule has 1 aromatic carbocycles. The van der Waals surface area contributed by atoms with Crippen molar-refractivity contribution >= 4 is 11.6 Å². The van der Waals surface area contributed by atoms with Crippen LogP contribution < -0.4 is 9.64 Å². The lowest BCUT2D eigenvalue weighted by atomic mass is 10.1. The lowest BCUT2D eigenvalue weighted by Gasteiger charge is -2.36. The Hall–Kier alpha value is -2.43. The first-order valence-electron chi connectivity index (χ1n) is 9.88. The first kappa shape index (κ1) is 19.3. The zero-order valence-electron chi connectivity index (χ0n) is 17.2. The van der Waals surface area contributed by atoms with E-state index in [2.05, 4.69) is 43.2 Å². The summed E-state index contributed by atoms with van der Waals surface area (Å²) in [5, 5.41) is 0. The lowest BCUT2D eigenvalue weighted by Crippen LogP contribution is -2.49. The first-order valence-corrected chi connectivity index (χ1v) is 9.88. The van der Waals surface area contributed by atoms with Gasteiger partial charge in [-0.3, -0.25) is 4.79 Å². The molecule has 1 fully saturated rings. The number of hydrogen-bond acceptors (Lipinski definition) is 3. The van der Waals surface area contributed by atoms with Crippen molar-refractivity contribution in [3.05, 3.63) is 47.3 Å². The zero-order chi connectivity index (χ0) is 19.6. The van der Waals surface area contributed by atoms with Gasteiger partial charge >= 0.3 is 0 Å². The van der Waals surface area contributed by atoms with E-state index in [0.29, 0.717) is 12.6 Å². The van der Waals surface area contributed by atoms with Crippen LogP contribution in [0.2, 0.25) is 0 Å². The van der Waals surface area contributed by atoms with Crippen LogP contribution in [0.1, 0.15) is 48.6 Å². The van der Waals surface area contributed by atoms with E-state index < -0.39 is 0 Å². The second-order valence-electron chi connectivity index (χ2n) is 7.43. The summed E-state index contributed by atoms with van der Waals surface area (Å²) in [6.07, 6.45) is 0. The quantitative estimate of drug-likeness (QED) is 0.798. The molecule has 0 radical (unpaired) electrons. The number of hydrogen-bond donors (Lipinski definition) is 0. The Morgan fingerprint density at radius 2 is 1.78 bits per heavy atom. The maximum Gasteiger partial charge on any atom is 0.255 e. The van der Waals surface area contributed by atoms with Gasteiger partial charge in [0.25, 0.3) is 5.91 Å². The van der Waals surface area contributed by atoms with Gasteiger partial charge in [0.15, 0.2) is 0 Å². The van der Waals surface area contributed by atoms with Gasteiger partial charge in [-0.1, -0.05) is 12.1 Å². The number of aryl methyl sites for hydroxylation is 1. The molecule has 0 spiro atoms. The number of aromatic nitrogens is 1. The molecule has 0 aliphatic carbocycles. The molecule has 2 heterocycles. The number of piperazine rings is 1. The Morgan fingerprint density at radius 1 is 1.11 bits per heavy atom. The smallest absolute Gasteiger partial charge is 0.255 e. The normalized spacial score (nSPS) is 14.7. The highest BCUT2D eigenvalue weighted by atomic mass is 16.5. The number of rotatable bonds is 5. The fourth-order valence-electron chi connectivity index (χ4n) is 4.10. The Labute approximate surface area is 162 Å². The molecular formula is C22H31N3O2. The predicted molar refractivity (Wildman–Crippen MR) is 110 cm³/mol. The van der Waals surface area contributed by atoms with Gasteiger partial charge in [-0.2, -0.15) is 0 Å². The first-order chi connectivity index (χ1) is 12.9. The van der Waals surface area contributed by atoms with Crippen LogP contribution in [0.3, 0.4) is 0 Å². The third kappa shape index (κ3) is 3.82. The predicted octanol–water partition coefficient (Wildman–Crippen LogP) is 4.05. The summed E-state index contributed by atoms with van der Waals surface area (Å²) in [7, 11) is 0. The molecule has 3 rings (SSSR count). The van der Waals surface area contributed by atoms with Crippen LogP contribution in [0.15, 0.2) is 30.3 Å². The summed E-state index contributed by atoms with van der Waals surface area (Å²) in [5.41, 5.74) is 4.17. The minimum absolute atomic E-state index is 0.146. The molecule has 0 bridgehead atoms. The minimum atomic E-state index is 0.146. The molecule has 1 aliphatic rings. The van der Waals surface area contributed by atoms with Gasteiger partial charge in [-0.25, -0.2) is 0 Å². The third-order valence-electron chi connectivity index (χ3n) is 5.30. The molecule has 5 nitrogen and oxygen atoms in total. The summed E-state index contributed by atoms with van der Waals surface area (Å²) in [5.74, 6) is 1.06. The maximum atomic E-state index is 13.1. The zero-order valence-corrected chi connectivity index (χ0v) is 17.2. The molecule has 1 saturated heterocycles. The maximum absolute atomic E-state index is 13.1. The van der Waals surface area contributed by atoms with E-state index in [1.54, 1.807) is 0 Å². The van der Waals surface area contributed by atoms with Crippen molar-refractivity contribution in [2.24, 2.45) is 0 Å². The minimum Gasteiger partial charge on any atom is -0.492 e. The molecular weight excluding hydrogens is 338 g/mol. The fraction of sp³-hybridized carbons (Fsp3) is 0.500. The van der Waals surface area contributed by atoms with Gasteiger partial charge in [-0.15, -0.1) is 0 Å². The van der Waals surface area contributed by atoms with Crippen molar-refractivity contribution in [1.82, 2.24) is 9.47 Å². The van der Waals surface area contributed by atoms with Gasteiger partial charge < -0.3 is 19.1 Å². The van der Waals surface area contributed by atoms with Crippen LogP contribution in [-0.2, 0) is 0 Å². The summed E-state index contributed by atoms with van der Waals surface area (Å²) in [6, 6.07) is 10.5. The van der Waals surface area contributed by atoms with Crippen molar-refractivity contribution in [3.63, 3.8) is 0 Å². The largest absolute Gasteiger partial charge is 0.492 e. The number of benzene rings is 1. The highest BCUT2D eigenvalue weighted by Gasteiger charge is 2.26. The molecule has 146 valence electrons. The number of nitrogens with zero attached hydrogens (tertiary/aromatic N) is 3. The van der Waals surface area contributed by atoms with Crippen LogP contribution in [-0.4, -0.2) is 48.2 Å². The summed E-state index contributed by atoms with van der Waals surface area (Å²) >= 11 is 0. The summed E-state index contributed by atoms with van der Waals surface area (Å²) < 4.78 is 8.00. The second kappa shape index (κ2) is 8.07. The number of anilines is 1. The Kier molecular flexibility index (Phi) is 5.78. The Morgan fingerprint density at radius 3 is 2.37 bits per heavy atom. The highest BCUT2D eigenvalue weighted by molar-refractivity contribution is 5.96. The fourth-order valence-corrected chi connectivity index (χ4v) is 4.10. The van der Waals surface area contributed by atoms with Crippen LogP contribution in [0.5, 0.6) is 5.75 Å². The van der Waals surface area contributed by atoms with Crippen LogP contribution in [0.25, 0.3) is 0 Å². The van der Waals surface area contributed by atoms with Gasteiger partial charge in [0.05, 0.1) is 17.9 Å². The van der Waals surface area contributed by atoms with Crippen molar-refractivity contribution in [1.29, 1.82) is 0 Å². The Bertz CT molecular complexity index is 802. The van der Waals surface area contributed by atoms with Gasteiger partial charge in [-0.05, 0) is 52.8 Å². The monoisotopic (exact) mass is 369 g/mol. The van der Waals surface area contributed by atoms with Crippen LogP contribution in [0, 0.1) is 13.8 Å². The summed E-state index contributed by atoms with van der Waals surface area (Å²) in [4.78, 5) is 17.4. The standard InChI is InChI=1S/C22H31N3O2/c1-6-27-21-10-8-7-9-20(21)23-11-13-24(14-12-23)22(26)19-15-17(4)25(16(2)3)18(19)5/h7-10,15-16H,6,11-14H2,1-5H3. The van der Waals surface area contributed by atoms with Crippen LogP contribution in [0.4, 0.5) is 5.69 Å². The number of amides is 1. The average molecular weight is 370 g/mol. The van der Waals surface area contributed by atoms with E-state index in [1.165, 1.54) is 0 Å². The molecule has 1 amide bonds. The molecule has 1 aliphatic heterocycles. The summed E-state index contributed by atoms with van der Waals surface area (Å²) in [6.45, 7) is 14.2. The van der Waals surface area contributed by atoms with Gasteiger partial charge in [0.2, 0.25) is 0 Å². The highest BCUT2D eigenvalue weighted by Crippen LogP contribution is 2.29. The van der Waals surface area contributed by atoms with Crippen molar-refractivity contribution in [3.8, 4) is 5.75 Å². The van der Waals surface area contributed by atoms with Crippen LogP contribution >= 0.6 is 0 Å². The van der Waals surface area contributed by atoms with E-state index in [0.717, 1.165) is 54.6 Å². The van der Waals surface area contributed by atoms with E-state index in [1.807, 2.05) is 36.1 Å². The van der Waals surface area contributed by atoms with Crippen molar-refractivity contribution < 1.29 is 9.53 Å². The van der Waals surface area contributed by atoms with E-state index in [4.69, 9.17) is 4.74 Å². The van der Waals surface area contributed by atoms with E-state index in [9.17, 15) is 4.79 Å². The number of para-hydroxylation sites is 2. The topological polar surface area (TPSA) is 37.7 Å². The molecule has 0 atom stereocenters. The molecule has 0 saturated carbocycles. The Balaban J connectivity index is 1.71. The molecule has 27 heavy (non-hydrogen) atoms. The molecule has 1 aromatic heterocycles. The molecule has 5 heteroatoms. The van der Waals surface area contributed by atoms with Gasteiger partial charge in [0, 0.05) is 43.6 Å². The number of carbonyl (C=O) groups excluding carboxylic acids is 1. The average Bonchev–Trinajstić information content (AvgIpc) is 2.96. The van der Waals surface area contributed by atoms with Gasteiger partial charge in [0.1, 0.15) is 5.75 Å². The van der Waals surface area contributed by atoms with Crippen molar-refractivity contribution in [2.75, 3.05) is 37.7 Å². The lowest BCUT2D eigenvalue weighted by molar-refractivity contribution is 0.0746. The number of carbonyl (C=O) groups is 1. The molecule has 0 unspecified atom stereocenters. The second-order valence-corrected chi connectivity index (χ2v) is 7.43. The molecule has 2 aromatic rings.